The molecule has 0 heterocycles. The molecule has 1 aromatic rings. The Bertz CT molecular complexity index is 491. The zero-order valence-corrected chi connectivity index (χ0v) is 11.2. The van der Waals surface area contributed by atoms with Gasteiger partial charge in [0.25, 0.3) is 0 Å². The lowest BCUT2D eigenvalue weighted by Crippen LogP contribution is -2.30. The molecule has 1 atom stereocenters. The van der Waals surface area contributed by atoms with Crippen molar-refractivity contribution in [1.82, 2.24) is 0 Å². The maximum atomic E-state index is 10.8. The van der Waals surface area contributed by atoms with Crippen LogP contribution in [0.5, 0.6) is 5.75 Å². The number of benzene rings is 1. The number of rotatable bonds is 8. The number of nitro benzene ring substituents is 1. The fraction of sp³-hybridized carbons (Fsp3) is 0.417. The van der Waals surface area contributed by atoms with Crippen LogP contribution in [0.15, 0.2) is 18.2 Å². The van der Waals surface area contributed by atoms with E-state index in [1.807, 2.05) is 0 Å². The van der Waals surface area contributed by atoms with Gasteiger partial charge in [0.1, 0.15) is 0 Å². The average Bonchev–Trinajstić information content (AvgIpc) is 2.39. The SMILES string of the molecule is CCOc1cc(NCC(OC)C(=O)O)ccc1[N+](=O)[O-]. The van der Waals surface area contributed by atoms with Crippen LogP contribution in [0.3, 0.4) is 0 Å². The maximum absolute atomic E-state index is 10.8. The van der Waals surface area contributed by atoms with Crippen molar-refractivity contribution in [3.8, 4) is 5.75 Å². The molecule has 2 N–H and O–H groups in total. The van der Waals surface area contributed by atoms with Crippen LogP contribution in [0.2, 0.25) is 0 Å². The zero-order chi connectivity index (χ0) is 15.1. The number of carboxylic acid groups (broad SMARTS) is 1. The van der Waals surface area contributed by atoms with Crippen LogP contribution >= 0.6 is 0 Å². The molecule has 0 fully saturated rings. The third-order valence-electron chi connectivity index (χ3n) is 2.51. The lowest BCUT2D eigenvalue weighted by molar-refractivity contribution is -0.385. The molecule has 0 aliphatic heterocycles. The van der Waals surface area contributed by atoms with Gasteiger partial charge in [0.05, 0.1) is 18.1 Å². The average molecular weight is 284 g/mol. The molecule has 0 saturated heterocycles. The molecule has 0 saturated carbocycles. The summed E-state index contributed by atoms with van der Waals surface area (Å²) in [6.07, 6.45) is -0.999. The van der Waals surface area contributed by atoms with Crippen molar-refractivity contribution in [3.63, 3.8) is 0 Å². The van der Waals surface area contributed by atoms with Gasteiger partial charge in [0, 0.05) is 24.9 Å². The van der Waals surface area contributed by atoms with Crippen molar-refractivity contribution >= 4 is 17.3 Å². The molecule has 0 radical (unpaired) electrons. The summed E-state index contributed by atoms with van der Waals surface area (Å²) in [5, 5.41) is 22.5. The van der Waals surface area contributed by atoms with E-state index in [1.165, 1.54) is 25.3 Å². The molecule has 1 rings (SSSR count). The quantitative estimate of drug-likeness (QED) is 0.549. The highest BCUT2D eigenvalue weighted by Gasteiger charge is 2.18. The number of nitrogens with zero attached hydrogens (tertiary/aromatic N) is 1. The van der Waals surface area contributed by atoms with Gasteiger partial charge in [-0.15, -0.1) is 0 Å². The molecule has 1 unspecified atom stereocenters. The monoisotopic (exact) mass is 284 g/mol. The molecule has 20 heavy (non-hydrogen) atoms. The minimum Gasteiger partial charge on any atom is -0.487 e. The summed E-state index contributed by atoms with van der Waals surface area (Å²) in [4.78, 5) is 21.1. The van der Waals surface area contributed by atoms with E-state index in [-0.39, 0.29) is 18.0 Å². The Kier molecular flexibility index (Phi) is 5.73. The van der Waals surface area contributed by atoms with Crippen LogP contribution in [0.25, 0.3) is 0 Å². The molecule has 0 amide bonds. The van der Waals surface area contributed by atoms with Crippen molar-refractivity contribution in [1.29, 1.82) is 0 Å². The number of anilines is 1. The van der Waals surface area contributed by atoms with Crippen molar-refractivity contribution in [2.24, 2.45) is 0 Å². The van der Waals surface area contributed by atoms with Gasteiger partial charge in [-0.3, -0.25) is 10.1 Å². The zero-order valence-electron chi connectivity index (χ0n) is 11.2. The number of carbonyl (C=O) groups is 1. The molecule has 0 aliphatic rings. The predicted molar refractivity (Wildman–Crippen MR) is 71.2 cm³/mol. The second kappa shape index (κ2) is 7.29. The van der Waals surface area contributed by atoms with E-state index in [9.17, 15) is 14.9 Å². The lowest BCUT2D eigenvalue weighted by Gasteiger charge is -2.13. The first-order chi connectivity index (χ1) is 9.49. The largest absolute Gasteiger partial charge is 0.487 e. The Morgan fingerprint density at radius 3 is 2.75 bits per heavy atom. The molecular formula is C12H16N2O6. The van der Waals surface area contributed by atoms with Gasteiger partial charge >= 0.3 is 11.7 Å². The van der Waals surface area contributed by atoms with Crippen molar-refractivity contribution in [2.45, 2.75) is 13.0 Å². The summed E-state index contributed by atoms with van der Waals surface area (Å²) < 4.78 is 9.96. The molecule has 0 bridgehead atoms. The van der Waals surface area contributed by atoms with Crippen LogP contribution in [-0.4, -0.2) is 42.4 Å². The number of aliphatic carboxylic acids is 1. The number of hydrogen-bond donors (Lipinski definition) is 2. The summed E-state index contributed by atoms with van der Waals surface area (Å²) >= 11 is 0. The summed E-state index contributed by atoms with van der Waals surface area (Å²) in [6, 6.07) is 4.24. The summed E-state index contributed by atoms with van der Waals surface area (Å²) in [5.74, 6) is -0.960. The maximum Gasteiger partial charge on any atom is 0.334 e. The van der Waals surface area contributed by atoms with Gasteiger partial charge in [-0.1, -0.05) is 0 Å². The van der Waals surface area contributed by atoms with Gasteiger partial charge in [0.2, 0.25) is 0 Å². The highest BCUT2D eigenvalue weighted by atomic mass is 16.6. The van der Waals surface area contributed by atoms with E-state index in [2.05, 4.69) is 5.32 Å². The summed E-state index contributed by atoms with van der Waals surface area (Å²) in [5.41, 5.74) is 0.376. The standard InChI is InChI=1S/C12H16N2O6/c1-3-20-10-6-8(4-5-9(10)14(17)18)13-7-11(19-2)12(15)16/h4-6,11,13H,3,7H2,1-2H3,(H,15,16). The number of hydrogen-bond acceptors (Lipinski definition) is 6. The minimum absolute atomic E-state index is 0.0369. The summed E-state index contributed by atoms with van der Waals surface area (Å²) in [6.45, 7) is 2.05. The van der Waals surface area contributed by atoms with Gasteiger partial charge in [-0.05, 0) is 13.0 Å². The minimum atomic E-state index is -1.09. The van der Waals surface area contributed by atoms with E-state index < -0.39 is 17.0 Å². The van der Waals surface area contributed by atoms with Gasteiger partial charge < -0.3 is 19.9 Å². The Morgan fingerprint density at radius 2 is 2.25 bits per heavy atom. The highest BCUT2D eigenvalue weighted by molar-refractivity contribution is 5.73. The Hall–Kier alpha value is -2.35. The predicted octanol–water partition coefficient (Wildman–Crippen LogP) is 1.50. The van der Waals surface area contributed by atoms with Crippen molar-refractivity contribution in [2.75, 3.05) is 25.6 Å². The molecule has 110 valence electrons. The number of ether oxygens (including phenoxy) is 2. The van der Waals surface area contributed by atoms with E-state index >= 15 is 0 Å². The first-order valence-electron chi connectivity index (χ1n) is 5.90. The number of nitro groups is 1. The second-order valence-corrected chi connectivity index (χ2v) is 3.82. The topological polar surface area (TPSA) is 111 Å². The first-order valence-corrected chi connectivity index (χ1v) is 5.90. The van der Waals surface area contributed by atoms with Gasteiger partial charge in [-0.25, -0.2) is 4.79 Å². The lowest BCUT2D eigenvalue weighted by atomic mass is 10.2. The molecule has 8 nitrogen and oxygen atoms in total. The molecule has 0 spiro atoms. The van der Waals surface area contributed by atoms with Crippen LogP contribution in [0.1, 0.15) is 6.92 Å². The molecule has 0 aliphatic carbocycles. The fourth-order valence-electron chi connectivity index (χ4n) is 1.53. The third-order valence-corrected chi connectivity index (χ3v) is 2.51. The molecule has 0 aromatic heterocycles. The first kappa shape index (κ1) is 15.7. The smallest absolute Gasteiger partial charge is 0.334 e. The van der Waals surface area contributed by atoms with E-state index in [0.717, 1.165) is 0 Å². The van der Waals surface area contributed by atoms with Crippen molar-refractivity contribution < 1.29 is 24.3 Å². The van der Waals surface area contributed by atoms with Crippen molar-refractivity contribution in [3.05, 3.63) is 28.3 Å². The normalized spacial score (nSPS) is 11.7. The number of carboxylic acids is 1. The van der Waals surface area contributed by atoms with Gasteiger partial charge in [0.15, 0.2) is 11.9 Å². The second-order valence-electron chi connectivity index (χ2n) is 3.82. The van der Waals surface area contributed by atoms with E-state index in [1.54, 1.807) is 6.92 Å². The third kappa shape index (κ3) is 4.09. The van der Waals surface area contributed by atoms with Crippen LogP contribution in [0.4, 0.5) is 11.4 Å². The van der Waals surface area contributed by atoms with Gasteiger partial charge in [-0.2, -0.15) is 0 Å². The molecule has 8 heteroatoms. The Balaban J connectivity index is 2.84. The number of nitrogens with one attached hydrogen (secondary N) is 1. The van der Waals surface area contributed by atoms with Crippen LogP contribution < -0.4 is 10.1 Å². The Labute approximate surface area is 115 Å². The van der Waals surface area contributed by atoms with Crippen LogP contribution in [0, 0.1) is 10.1 Å². The number of methoxy groups -OCH3 is 1. The molecular weight excluding hydrogens is 268 g/mol. The fourth-order valence-corrected chi connectivity index (χ4v) is 1.53. The van der Waals surface area contributed by atoms with E-state index in [0.29, 0.717) is 12.3 Å². The highest BCUT2D eigenvalue weighted by Crippen LogP contribution is 2.30. The van der Waals surface area contributed by atoms with E-state index in [4.69, 9.17) is 14.6 Å². The molecule has 1 aromatic carbocycles. The summed E-state index contributed by atoms with van der Waals surface area (Å²) in [7, 11) is 1.29. The Morgan fingerprint density at radius 1 is 1.55 bits per heavy atom. The van der Waals surface area contributed by atoms with Crippen LogP contribution in [-0.2, 0) is 9.53 Å².